The van der Waals surface area contributed by atoms with E-state index in [1.165, 1.54) is 12.7 Å². The summed E-state index contributed by atoms with van der Waals surface area (Å²) in [4.78, 5) is 11.1. The van der Waals surface area contributed by atoms with E-state index in [0.717, 1.165) is 11.1 Å². The summed E-state index contributed by atoms with van der Waals surface area (Å²) in [5.74, 6) is -0.463. The predicted molar refractivity (Wildman–Crippen MR) is 88.8 cm³/mol. The van der Waals surface area contributed by atoms with Crippen LogP contribution in [0.3, 0.4) is 0 Å². The highest BCUT2D eigenvalue weighted by Crippen LogP contribution is 2.19. The van der Waals surface area contributed by atoms with Crippen LogP contribution >= 0.6 is 12.4 Å². The van der Waals surface area contributed by atoms with Crippen LogP contribution in [0.5, 0.6) is 0 Å². The summed E-state index contributed by atoms with van der Waals surface area (Å²) in [7, 11) is 1.31. The Morgan fingerprint density at radius 2 is 1.64 bits per heavy atom. The molecular weight excluding hydrogens is 302 g/mol. The van der Waals surface area contributed by atoms with Crippen LogP contribution in [0.15, 0.2) is 54.6 Å². The maximum atomic E-state index is 11.1. The molecule has 0 saturated heterocycles. The highest BCUT2D eigenvalue weighted by atomic mass is 35.5. The van der Waals surface area contributed by atoms with Crippen molar-refractivity contribution in [3.05, 3.63) is 60.2 Å². The zero-order valence-corrected chi connectivity index (χ0v) is 13.2. The number of hydrogen-bond acceptors (Lipinski definition) is 4. The van der Waals surface area contributed by atoms with Gasteiger partial charge in [0.25, 0.3) is 0 Å². The largest absolute Gasteiger partial charge is 0.468 e. The molecule has 2 N–H and O–H groups in total. The van der Waals surface area contributed by atoms with Gasteiger partial charge < -0.3 is 15.2 Å². The molecule has 0 fully saturated rings. The number of carbonyl (C=O) groups excluding carboxylic acids is 1. The van der Waals surface area contributed by atoms with Gasteiger partial charge in [-0.05, 0) is 16.7 Å². The van der Waals surface area contributed by atoms with E-state index >= 15 is 0 Å². The number of methoxy groups -OCH3 is 1. The van der Waals surface area contributed by atoms with Crippen LogP contribution in [0.25, 0.3) is 11.1 Å². The molecule has 0 aliphatic heterocycles. The van der Waals surface area contributed by atoms with E-state index in [0.29, 0.717) is 6.61 Å². The van der Waals surface area contributed by atoms with Gasteiger partial charge in [-0.15, -0.1) is 12.4 Å². The Balaban J connectivity index is 0.00000242. The zero-order valence-electron chi connectivity index (χ0n) is 12.4. The second-order valence-corrected chi connectivity index (χ2v) is 4.71. The molecule has 0 bridgehead atoms. The highest BCUT2D eigenvalue weighted by Gasteiger charge is 2.13. The molecule has 22 heavy (non-hydrogen) atoms. The molecule has 5 heteroatoms. The minimum Gasteiger partial charge on any atom is -0.468 e. The third-order valence-corrected chi connectivity index (χ3v) is 3.13. The Bertz CT molecular complexity index is 572. The lowest BCUT2D eigenvalue weighted by Crippen LogP contribution is -2.36. The molecular formula is C17H20ClNO3. The predicted octanol–water partition coefficient (Wildman–Crippen LogP) is 2.79. The summed E-state index contributed by atoms with van der Waals surface area (Å²) >= 11 is 0. The van der Waals surface area contributed by atoms with Crippen LogP contribution in [-0.4, -0.2) is 25.7 Å². The van der Waals surface area contributed by atoms with E-state index < -0.39 is 12.0 Å². The second kappa shape index (κ2) is 9.20. The van der Waals surface area contributed by atoms with Gasteiger partial charge >= 0.3 is 5.97 Å². The number of rotatable bonds is 6. The second-order valence-electron chi connectivity index (χ2n) is 4.71. The molecule has 0 saturated carbocycles. The minimum atomic E-state index is -0.737. The van der Waals surface area contributed by atoms with Crippen molar-refractivity contribution in [2.75, 3.05) is 13.7 Å². The Kier molecular flexibility index (Phi) is 7.60. The van der Waals surface area contributed by atoms with Crippen molar-refractivity contribution >= 4 is 18.4 Å². The lowest BCUT2D eigenvalue weighted by Gasteiger charge is -2.10. The van der Waals surface area contributed by atoms with Gasteiger partial charge in [-0.2, -0.15) is 0 Å². The number of esters is 1. The zero-order chi connectivity index (χ0) is 15.1. The average Bonchev–Trinajstić information content (AvgIpc) is 2.55. The van der Waals surface area contributed by atoms with Crippen molar-refractivity contribution in [1.82, 2.24) is 0 Å². The molecule has 0 radical (unpaired) electrons. The monoisotopic (exact) mass is 321 g/mol. The van der Waals surface area contributed by atoms with E-state index in [-0.39, 0.29) is 19.0 Å². The van der Waals surface area contributed by atoms with Gasteiger partial charge in [0.2, 0.25) is 0 Å². The SMILES string of the molecule is COC(=O)[C@@H](N)COCc1ccc(-c2ccccc2)cc1.Cl. The fourth-order valence-electron chi connectivity index (χ4n) is 1.95. The summed E-state index contributed by atoms with van der Waals surface area (Å²) in [6.07, 6.45) is 0. The number of carbonyl (C=O) groups is 1. The Morgan fingerprint density at radius 3 is 2.23 bits per heavy atom. The summed E-state index contributed by atoms with van der Waals surface area (Å²) < 4.78 is 9.96. The Hall–Kier alpha value is -1.88. The van der Waals surface area contributed by atoms with Crippen molar-refractivity contribution < 1.29 is 14.3 Å². The number of halogens is 1. The molecule has 0 heterocycles. The van der Waals surface area contributed by atoms with Crippen LogP contribution in [0.1, 0.15) is 5.56 Å². The van der Waals surface area contributed by atoms with Crippen molar-refractivity contribution in [3.8, 4) is 11.1 Å². The normalized spacial score (nSPS) is 11.4. The van der Waals surface area contributed by atoms with Crippen molar-refractivity contribution in [3.63, 3.8) is 0 Å². The molecule has 1 atom stereocenters. The number of nitrogens with two attached hydrogens (primary N) is 1. The molecule has 0 aliphatic rings. The first kappa shape index (κ1) is 18.2. The Morgan fingerprint density at radius 1 is 1.05 bits per heavy atom. The molecule has 2 aromatic carbocycles. The first-order chi connectivity index (χ1) is 10.2. The lowest BCUT2D eigenvalue weighted by molar-refractivity contribution is -0.143. The first-order valence-corrected chi connectivity index (χ1v) is 6.76. The maximum Gasteiger partial charge on any atom is 0.325 e. The van der Waals surface area contributed by atoms with Crippen molar-refractivity contribution in [1.29, 1.82) is 0 Å². The van der Waals surface area contributed by atoms with E-state index in [2.05, 4.69) is 16.9 Å². The van der Waals surface area contributed by atoms with Crippen LogP contribution in [0.4, 0.5) is 0 Å². The van der Waals surface area contributed by atoms with Gasteiger partial charge in [-0.1, -0.05) is 54.6 Å². The summed E-state index contributed by atoms with van der Waals surface area (Å²) in [6.45, 7) is 0.562. The average molecular weight is 322 g/mol. The molecule has 0 aliphatic carbocycles. The van der Waals surface area contributed by atoms with Crippen LogP contribution < -0.4 is 5.73 Å². The quantitative estimate of drug-likeness (QED) is 0.831. The van der Waals surface area contributed by atoms with Gasteiger partial charge in [0.15, 0.2) is 0 Å². The van der Waals surface area contributed by atoms with Gasteiger partial charge in [-0.25, -0.2) is 0 Å². The summed E-state index contributed by atoms with van der Waals surface area (Å²) in [5, 5.41) is 0. The van der Waals surface area contributed by atoms with Crippen LogP contribution in [-0.2, 0) is 20.9 Å². The third kappa shape index (κ3) is 5.15. The molecule has 0 aromatic heterocycles. The van der Waals surface area contributed by atoms with Gasteiger partial charge in [0.05, 0.1) is 20.3 Å². The Labute approximate surface area is 136 Å². The van der Waals surface area contributed by atoms with E-state index in [1.54, 1.807) is 0 Å². The van der Waals surface area contributed by atoms with Gasteiger partial charge in [-0.3, -0.25) is 4.79 Å². The first-order valence-electron chi connectivity index (χ1n) is 6.76. The molecule has 0 amide bonds. The molecule has 0 spiro atoms. The maximum absolute atomic E-state index is 11.1. The standard InChI is InChI=1S/C17H19NO3.ClH/c1-20-17(19)16(18)12-21-11-13-7-9-15(10-8-13)14-5-3-2-4-6-14;/h2-10,16H,11-12,18H2,1H3;1H/t16-;/m0./s1. The minimum absolute atomic E-state index is 0. The van der Waals surface area contributed by atoms with Crippen molar-refractivity contribution in [2.24, 2.45) is 5.73 Å². The molecule has 2 aromatic rings. The van der Waals surface area contributed by atoms with E-state index in [4.69, 9.17) is 10.5 Å². The molecule has 0 unspecified atom stereocenters. The van der Waals surface area contributed by atoms with Gasteiger partial charge in [0, 0.05) is 0 Å². The highest BCUT2D eigenvalue weighted by molar-refractivity contribution is 5.85. The fourth-order valence-corrected chi connectivity index (χ4v) is 1.95. The fraction of sp³-hybridized carbons (Fsp3) is 0.235. The summed E-state index contributed by atoms with van der Waals surface area (Å²) in [6, 6.07) is 17.5. The molecule has 2 rings (SSSR count). The van der Waals surface area contributed by atoms with Crippen molar-refractivity contribution in [2.45, 2.75) is 12.6 Å². The molecule has 4 nitrogen and oxygen atoms in total. The van der Waals surface area contributed by atoms with Gasteiger partial charge in [0.1, 0.15) is 6.04 Å². The molecule has 118 valence electrons. The smallest absolute Gasteiger partial charge is 0.325 e. The summed E-state index contributed by atoms with van der Waals surface area (Å²) in [5.41, 5.74) is 8.96. The third-order valence-electron chi connectivity index (χ3n) is 3.13. The number of ether oxygens (including phenoxy) is 2. The van der Waals surface area contributed by atoms with E-state index in [9.17, 15) is 4.79 Å². The number of hydrogen-bond donors (Lipinski definition) is 1. The number of benzene rings is 2. The van der Waals surface area contributed by atoms with Crippen LogP contribution in [0.2, 0.25) is 0 Å². The lowest BCUT2D eigenvalue weighted by atomic mass is 10.0. The van der Waals surface area contributed by atoms with Crippen LogP contribution in [0, 0.1) is 0 Å². The van der Waals surface area contributed by atoms with E-state index in [1.807, 2.05) is 42.5 Å². The topological polar surface area (TPSA) is 61.5 Å².